The zero-order valence-electron chi connectivity index (χ0n) is 64.8. The van der Waals surface area contributed by atoms with Crippen molar-refractivity contribution >= 4 is 92.3 Å². The SMILES string of the molecule is c1ccc2c(c1)-c1c(c(-n3cncn3)c(-n3cncn3)c(-n3cncn3)c1-n1cncn1)-c1nccnc1-c1c-2c(-n2cncn2)c(-n2cncn2)c(-n2cncn2)c1-n1cncn1.c1cnc2c(c1)-c1c(-c3ccns3)c(-c3ccns3)c(-c3ccns3)c(-c3ccns3)c1-c1ncccc1-c1c(-c3ccns3)c(-c3ccns3)c(-c3ccns3)c(-c3ccns3)c1-2. The van der Waals surface area contributed by atoms with E-state index in [1.807, 2.05) is 98.4 Å². The molecular weight excluding hydrogens is 1770 g/mol. The van der Waals surface area contributed by atoms with Crippen molar-refractivity contribution in [3.63, 3.8) is 0 Å². The van der Waals surface area contributed by atoms with Gasteiger partial charge in [0.15, 0.2) is 0 Å². The highest BCUT2D eigenvalue weighted by atomic mass is 32.1. The number of benzene rings is 5. The van der Waals surface area contributed by atoms with Gasteiger partial charge in [-0.1, -0.05) is 36.4 Å². The maximum absolute atomic E-state index is 5.51. The molecule has 2 aliphatic rings. The maximum Gasteiger partial charge on any atom is 0.138 e. The fraction of sp³-hybridized carbons (Fsp3) is 0. The van der Waals surface area contributed by atoms with E-state index in [2.05, 4.69) is 121 Å². The van der Waals surface area contributed by atoms with Gasteiger partial charge in [-0.15, -0.1) is 0 Å². The van der Waals surface area contributed by atoms with Gasteiger partial charge in [0.1, 0.15) is 147 Å². The molecule has 0 fully saturated rings. The first kappa shape index (κ1) is 74.3. The highest BCUT2D eigenvalue weighted by molar-refractivity contribution is 7.13. The van der Waals surface area contributed by atoms with Crippen molar-refractivity contribution in [3.8, 4) is 219 Å². The molecule has 0 saturated heterocycles. The van der Waals surface area contributed by atoms with Gasteiger partial charge in [0, 0.05) is 175 Å². The van der Waals surface area contributed by atoms with E-state index in [-0.39, 0.29) is 0 Å². The molecule has 0 unspecified atom stereocenters. The maximum atomic E-state index is 5.51. The molecule has 44 heteroatoms. The second-order valence-electron chi connectivity index (χ2n) is 28.1. The number of hydrogen-bond acceptors (Lipinski definition) is 36. The van der Waals surface area contributed by atoms with Crippen LogP contribution >= 0.6 is 92.3 Å². The van der Waals surface area contributed by atoms with Crippen LogP contribution in [0.25, 0.3) is 219 Å². The molecule has 0 bridgehead atoms. The number of aromatic nitrogens is 36. The summed E-state index contributed by atoms with van der Waals surface area (Å²) in [6, 6.07) is 33.4. The van der Waals surface area contributed by atoms with Gasteiger partial charge < -0.3 is 0 Å². The summed E-state index contributed by atoms with van der Waals surface area (Å²) in [5.41, 5.74) is 24.3. The molecule has 19 heterocycles. The molecule has 36 nitrogen and oxygen atoms in total. The van der Waals surface area contributed by atoms with Gasteiger partial charge in [-0.25, -0.2) is 112 Å². The molecule has 0 radical (unpaired) electrons. The van der Waals surface area contributed by atoms with Gasteiger partial charge in [-0.2, -0.15) is 40.8 Å². The van der Waals surface area contributed by atoms with Crippen LogP contribution in [0.15, 0.2) is 273 Å². The summed E-state index contributed by atoms with van der Waals surface area (Å²) in [6.07, 6.45) is 46.5. The molecule has 24 aromatic rings. The number of nitrogens with zero attached hydrogens (tertiary/aromatic N) is 36. The first-order valence-electron chi connectivity index (χ1n) is 38.5. The van der Waals surface area contributed by atoms with Crippen LogP contribution in [0.5, 0.6) is 0 Å². The van der Waals surface area contributed by atoms with Crippen LogP contribution in [0.4, 0.5) is 0 Å². The highest BCUT2D eigenvalue weighted by Gasteiger charge is 2.44. The standard InChI is InChI=1S/C46H22N10S8.C38H22N26/c1-3-23-33-35(25-5-15-49-57-25)37(27-7-17-51-59-27)39(29-9-19-53-61-29)41(31-11-21-55-63-31)43(33)46-24(4-2-14-48-46)34-36(26-6-16-50-58-26)38(28-8-18-52-60-28)40(30-10-20-54-62-30)42(32-12-22-56-64-32)44(34)45(23)47-13-1;1-2-4-24-23(3-1)25-27(33(59-17-41-9-51-59)37(63-21-45-13-55-63)35(61-19-43-11-53-61)31(25)57-15-39-7-49-57)29-30(48-6-5-47-29)28-26(24)32(58-16-40-8-50-58)36(62-20-44-12-54-62)38(64-22-46-14-56-64)34(28)60-18-42-10-52-60/h2*1-22H. The van der Waals surface area contributed by atoms with Crippen molar-refractivity contribution in [2.24, 2.45) is 0 Å². The largest absolute Gasteiger partial charge is 0.256 e. The molecular formula is C84H44N36S8. The second kappa shape index (κ2) is 30.8. The molecule has 0 N–H and O–H groups in total. The van der Waals surface area contributed by atoms with E-state index in [0.717, 1.165) is 128 Å². The molecule has 26 rings (SSSR count). The lowest BCUT2D eigenvalue weighted by Gasteiger charge is -2.31. The van der Waals surface area contributed by atoms with Crippen LogP contribution in [-0.2, 0) is 0 Å². The minimum absolute atomic E-state index is 0.413. The minimum Gasteiger partial charge on any atom is -0.256 e. The first-order chi connectivity index (χ1) is 63.7. The van der Waals surface area contributed by atoms with Crippen molar-refractivity contribution in [1.82, 2.24) is 173 Å². The van der Waals surface area contributed by atoms with Gasteiger partial charge in [-0.3, -0.25) is 19.9 Å². The lowest BCUT2D eigenvalue weighted by molar-refractivity contribution is 0.775. The van der Waals surface area contributed by atoms with E-state index < -0.39 is 0 Å². The fourth-order valence-corrected chi connectivity index (χ4v) is 22.4. The van der Waals surface area contributed by atoms with Gasteiger partial charge in [0.2, 0.25) is 0 Å². The second-order valence-corrected chi connectivity index (χ2v) is 34.8. The van der Waals surface area contributed by atoms with Gasteiger partial charge in [-0.05, 0) is 164 Å². The third-order valence-corrected chi connectivity index (χ3v) is 27.8. The molecule has 0 aliphatic heterocycles. The zero-order chi connectivity index (χ0) is 84.3. The van der Waals surface area contributed by atoms with Crippen LogP contribution in [0, 0.1) is 0 Å². The number of hydrogen-bond donors (Lipinski definition) is 0. The lowest BCUT2D eigenvalue weighted by Crippen LogP contribution is -2.20. The van der Waals surface area contributed by atoms with Crippen molar-refractivity contribution in [2.75, 3.05) is 0 Å². The molecule has 608 valence electrons. The summed E-state index contributed by atoms with van der Waals surface area (Å²) >= 11 is 11.8. The van der Waals surface area contributed by atoms with Crippen LogP contribution < -0.4 is 0 Å². The molecule has 19 aromatic heterocycles. The van der Waals surface area contributed by atoms with E-state index in [9.17, 15) is 0 Å². The Bertz CT molecular complexity index is 6700. The van der Waals surface area contributed by atoms with Crippen LogP contribution in [0.3, 0.4) is 0 Å². The van der Waals surface area contributed by atoms with Crippen molar-refractivity contribution in [3.05, 3.63) is 273 Å². The summed E-state index contributed by atoms with van der Waals surface area (Å²) in [6.45, 7) is 0. The Hall–Kier alpha value is -16.4. The predicted octanol–water partition coefficient (Wildman–Crippen LogP) is 16.5. The predicted molar refractivity (Wildman–Crippen MR) is 483 cm³/mol. The van der Waals surface area contributed by atoms with E-state index in [4.69, 9.17) is 75.3 Å². The molecule has 0 atom stereocenters. The summed E-state index contributed by atoms with van der Waals surface area (Å²) in [5, 5.41) is 37.7. The molecule has 0 saturated carbocycles. The fourth-order valence-electron chi connectivity index (χ4n) is 17.2. The zero-order valence-corrected chi connectivity index (χ0v) is 71.3. The topological polar surface area (TPSA) is 400 Å². The minimum atomic E-state index is 0.413. The average molecular weight is 1810 g/mol. The van der Waals surface area contributed by atoms with Crippen molar-refractivity contribution in [1.29, 1.82) is 0 Å². The smallest absolute Gasteiger partial charge is 0.138 e. The van der Waals surface area contributed by atoms with E-state index in [0.29, 0.717) is 90.3 Å². The Balaban J connectivity index is 0.000000139. The van der Waals surface area contributed by atoms with Crippen molar-refractivity contribution < 1.29 is 0 Å². The Labute approximate surface area is 750 Å². The molecule has 0 spiro atoms. The third-order valence-electron chi connectivity index (χ3n) is 21.7. The first-order valence-corrected chi connectivity index (χ1v) is 44.7. The van der Waals surface area contributed by atoms with Crippen LogP contribution in [0.2, 0.25) is 0 Å². The Kier molecular flexibility index (Phi) is 17.9. The molecule has 5 aromatic carbocycles. The third kappa shape index (κ3) is 11.8. The Morgan fingerprint density at radius 2 is 0.375 bits per heavy atom. The Morgan fingerprint density at radius 1 is 0.164 bits per heavy atom. The lowest BCUT2D eigenvalue weighted by atomic mass is 9.73. The molecule has 0 amide bonds. The number of fused-ring (bicyclic) bond motifs is 16. The quantitative estimate of drug-likeness (QED) is 0.0867. The summed E-state index contributed by atoms with van der Waals surface area (Å²) in [7, 11) is 0. The molecule has 128 heavy (non-hydrogen) atoms. The summed E-state index contributed by atoms with van der Waals surface area (Å²) in [4.78, 5) is 64.8. The Morgan fingerprint density at radius 3 is 0.602 bits per heavy atom. The van der Waals surface area contributed by atoms with Crippen LogP contribution in [-0.4, -0.2) is 173 Å². The monoisotopic (exact) mass is 1810 g/mol. The number of rotatable bonds is 16. The summed E-state index contributed by atoms with van der Waals surface area (Å²) in [5.74, 6) is 0. The van der Waals surface area contributed by atoms with Gasteiger partial charge in [0.05, 0.1) is 61.8 Å². The van der Waals surface area contributed by atoms with Crippen LogP contribution in [0.1, 0.15) is 0 Å². The summed E-state index contributed by atoms with van der Waals surface area (Å²) < 4.78 is 50.9. The number of pyridine rings is 2. The van der Waals surface area contributed by atoms with E-state index in [1.165, 1.54) is 143 Å². The van der Waals surface area contributed by atoms with E-state index in [1.54, 1.807) is 100 Å². The van der Waals surface area contributed by atoms with Gasteiger partial charge in [0.25, 0.3) is 0 Å². The normalized spacial score (nSPS) is 11.8. The van der Waals surface area contributed by atoms with E-state index >= 15 is 0 Å². The van der Waals surface area contributed by atoms with Gasteiger partial charge >= 0.3 is 0 Å². The average Bonchev–Trinajstić information content (AvgIpc) is 1.03. The van der Waals surface area contributed by atoms with Crippen molar-refractivity contribution in [2.45, 2.75) is 0 Å². The highest BCUT2D eigenvalue weighted by Crippen LogP contribution is 2.66. The molecule has 2 aliphatic carbocycles.